The monoisotopic (exact) mass is 1890 g/mol. The Bertz CT molecular complexity index is 75.2. The van der Waals surface area contributed by atoms with Gasteiger partial charge in [0.05, 0.1) is 0 Å². The Morgan fingerprint density at radius 2 is 0.714 bits per heavy atom. The van der Waals surface area contributed by atoms with Gasteiger partial charge in [0, 0.05) is 654 Å². The van der Waals surface area contributed by atoms with Crippen LogP contribution in [0.25, 0.3) is 0 Å². The van der Waals surface area contributed by atoms with Gasteiger partial charge in [-0.25, -0.2) is 0 Å². The molecule has 0 aromatic carbocycles. The van der Waals surface area contributed by atoms with Gasteiger partial charge in [-0.1, -0.05) is 32.6 Å². The van der Waals surface area contributed by atoms with Crippen LogP contribution in [0, 0.1) is 12.3 Å². The molecule has 0 heterocycles. The maximum atomic E-state index is 2.49. The molecule has 1 rings (SSSR count). The third-order valence-electron chi connectivity index (χ3n) is 2.05. The molecular formula is C8H15Y20-. The van der Waals surface area contributed by atoms with Crippen LogP contribution in [0.4, 0.5) is 0 Å². The second-order valence-corrected chi connectivity index (χ2v) is 2.69. The van der Waals surface area contributed by atoms with E-state index in [4.69, 9.17) is 0 Å². The van der Waals surface area contributed by atoms with Gasteiger partial charge in [0.1, 0.15) is 0 Å². The van der Waals surface area contributed by atoms with E-state index in [1.165, 1.54) is 32.1 Å². The Labute approximate surface area is 680 Å². The van der Waals surface area contributed by atoms with E-state index in [9.17, 15) is 0 Å². The molecular weight excluding hydrogens is 1870 g/mol. The van der Waals surface area contributed by atoms with Crippen molar-refractivity contribution in [1.82, 2.24) is 0 Å². The van der Waals surface area contributed by atoms with E-state index < -0.39 is 0 Å². The molecule has 28 heavy (non-hydrogen) atoms. The molecule has 0 saturated heterocycles. The Kier molecular flexibility index (Phi) is 559. The van der Waals surface area contributed by atoms with Crippen molar-refractivity contribution in [2.45, 2.75) is 39.0 Å². The van der Waals surface area contributed by atoms with Crippen molar-refractivity contribution in [1.29, 1.82) is 0 Å². The minimum atomic E-state index is 0. The summed E-state index contributed by atoms with van der Waals surface area (Å²) in [5.74, 6) is 0.962. The predicted octanol–water partition coefficient (Wildman–Crippen LogP) is 2.74. The fourth-order valence-electron chi connectivity index (χ4n) is 1.39. The first kappa shape index (κ1) is 133. The summed E-state index contributed by atoms with van der Waals surface area (Å²) in [4.78, 5) is 0. The quantitative estimate of drug-likeness (QED) is 0.355. The van der Waals surface area contributed by atoms with E-state index >= 15 is 0 Å². The smallest absolute Gasteiger partial charge is 0 e. The zero-order valence-corrected chi connectivity index (χ0v) is 74.0. The number of rotatable bonds is 1. The minimum absolute atomic E-state index is 0. The van der Waals surface area contributed by atoms with Gasteiger partial charge in [0.2, 0.25) is 0 Å². The Balaban J connectivity index is -0.00000000178. The summed E-state index contributed by atoms with van der Waals surface area (Å²) >= 11 is 0. The molecule has 0 amide bonds. The fraction of sp³-hybridized carbons (Fsp3) is 0.875. The van der Waals surface area contributed by atoms with Crippen molar-refractivity contribution in [3.05, 3.63) is 6.42 Å². The second-order valence-electron chi connectivity index (χ2n) is 2.69. The van der Waals surface area contributed by atoms with Crippen LogP contribution >= 0.6 is 0 Å². The first-order valence-corrected chi connectivity index (χ1v) is 3.77. The first-order chi connectivity index (χ1) is 3.93. The molecule has 1 aliphatic carbocycles. The number of hydrogen-bond donors (Lipinski definition) is 0. The minimum Gasteiger partial charge on any atom is -0.325 e. The molecule has 0 aromatic heterocycles. The first-order valence-electron chi connectivity index (χ1n) is 3.77. The Morgan fingerprint density at radius 1 is 0.464 bits per heavy atom. The summed E-state index contributed by atoms with van der Waals surface area (Å²) in [6, 6.07) is 0. The predicted molar refractivity (Wildman–Crippen MR) is 36.5 cm³/mol. The van der Waals surface area contributed by atoms with Crippen LogP contribution in [0.5, 0.6) is 0 Å². The van der Waals surface area contributed by atoms with Gasteiger partial charge < -0.3 is 6.42 Å². The molecule has 0 aliphatic heterocycles. The molecule has 0 bridgehead atoms. The van der Waals surface area contributed by atoms with Gasteiger partial charge in [-0.3, -0.25) is 0 Å². The largest absolute Gasteiger partial charge is 0.325 e. The van der Waals surface area contributed by atoms with Crippen molar-refractivity contribution in [2.75, 3.05) is 0 Å². The Morgan fingerprint density at radius 3 is 0.821 bits per heavy atom. The maximum Gasteiger partial charge on any atom is 0 e. The van der Waals surface area contributed by atoms with E-state index in [0.717, 1.165) is 5.92 Å². The summed E-state index contributed by atoms with van der Waals surface area (Å²) < 4.78 is 0. The molecule has 1 unspecified atom stereocenters. The van der Waals surface area contributed by atoms with Crippen molar-refractivity contribution < 1.29 is 654 Å². The van der Waals surface area contributed by atoms with Crippen molar-refractivity contribution in [3.8, 4) is 0 Å². The van der Waals surface area contributed by atoms with Crippen molar-refractivity contribution >= 4 is 0 Å². The molecule has 20 radical (unpaired) electrons. The molecule has 108 valence electrons. The van der Waals surface area contributed by atoms with Crippen LogP contribution in [-0.4, -0.2) is 0 Å². The topological polar surface area (TPSA) is 0 Å². The molecule has 1 atom stereocenters. The molecule has 0 spiro atoms. The van der Waals surface area contributed by atoms with E-state index in [1.54, 1.807) is 0 Å². The van der Waals surface area contributed by atoms with Gasteiger partial charge in [-0.2, -0.15) is 12.3 Å². The van der Waals surface area contributed by atoms with Gasteiger partial charge in [-0.05, 0) is 0 Å². The van der Waals surface area contributed by atoms with Crippen LogP contribution in [0.2, 0.25) is 0 Å². The summed E-state index contributed by atoms with van der Waals surface area (Å²) in [6.07, 6.45) is 9.59. The van der Waals surface area contributed by atoms with Crippen LogP contribution in [0.1, 0.15) is 39.0 Å². The third kappa shape index (κ3) is 104. The SMILES string of the molecule is CCC1[CH-]CCCC1.[Y].[Y].[Y].[Y].[Y].[Y].[Y].[Y].[Y].[Y].[Y].[Y].[Y].[Y].[Y].[Y].[Y].[Y].[Y].[Y]. The van der Waals surface area contributed by atoms with Gasteiger partial charge >= 0.3 is 0 Å². The molecule has 0 nitrogen and oxygen atoms in total. The second kappa shape index (κ2) is 117. The van der Waals surface area contributed by atoms with Crippen LogP contribution in [-0.2, 0) is 654 Å². The molecule has 1 saturated carbocycles. The van der Waals surface area contributed by atoms with E-state index in [2.05, 4.69) is 13.3 Å². The fourth-order valence-corrected chi connectivity index (χ4v) is 1.39. The zero-order valence-electron chi connectivity index (χ0n) is 17.2. The molecule has 0 aromatic rings. The van der Waals surface area contributed by atoms with Crippen molar-refractivity contribution in [2.24, 2.45) is 5.92 Å². The average Bonchev–Trinajstić information content (AvgIpc) is 1.90. The van der Waals surface area contributed by atoms with Crippen LogP contribution < -0.4 is 0 Å². The summed E-state index contributed by atoms with van der Waals surface area (Å²) in [6.45, 7) is 2.28. The average molecular weight is 1890 g/mol. The normalized spacial score (nSPS) is 8.68. The van der Waals surface area contributed by atoms with Gasteiger partial charge in [0.25, 0.3) is 0 Å². The van der Waals surface area contributed by atoms with Gasteiger partial charge in [-0.15, -0.1) is 0 Å². The molecule has 1 aliphatic rings. The maximum absolute atomic E-state index is 2.49. The van der Waals surface area contributed by atoms with E-state index in [0.29, 0.717) is 0 Å². The molecule has 0 N–H and O–H groups in total. The molecule has 20 heteroatoms. The van der Waals surface area contributed by atoms with Crippen LogP contribution in [0.3, 0.4) is 0 Å². The number of hydrogen-bond acceptors (Lipinski definition) is 0. The van der Waals surface area contributed by atoms with E-state index in [1.807, 2.05) is 0 Å². The zero-order chi connectivity index (χ0) is 5.82. The van der Waals surface area contributed by atoms with E-state index in [-0.39, 0.29) is 654 Å². The Hall–Kier alpha value is 22.1. The van der Waals surface area contributed by atoms with Crippen molar-refractivity contribution in [3.63, 3.8) is 0 Å². The van der Waals surface area contributed by atoms with Crippen LogP contribution in [0.15, 0.2) is 0 Å². The summed E-state index contributed by atoms with van der Waals surface area (Å²) in [7, 11) is 0. The molecule has 1 fully saturated rings. The third-order valence-corrected chi connectivity index (χ3v) is 2.05. The summed E-state index contributed by atoms with van der Waals surface area (Å²) in [5, 5.41) is 0. The van der Waals surface area contributed by atoms with Gasteiger partial charge in [0.15, 0.2) is 0 Å². The summed E-state index contributed by atoms with van der Waals surface area (Å²) in [5.41, 5.74) is 0. The standard InChI is InChI=1S/C8H15.20Y/c1-2-8-6-4-3-5-7-8;;;;;;;;;;;;;;;;;;;;/h6,8H,2-5,7H2,1H3;;;;;;;;;;;;;;;;;;;;/q-1;;;;;;;;;;;;;;;;;;;;.